The quantitative estimate of drug-likeness (QED) is 0.404. The van der Waals surface area contributed by atoms with Gasteiger partial charge in [-0.15, -0.1) is 0 Å². The molecule has 2 atom stereocenters. The molecular weight excluding hydrogens is 426 g/mol. The van der Waals surface area contributed by atoms with E-state index in [4.69, 9.17) is 19.3 Å². The fraction of sp³-hybridized carbons (Fsp3) is 0.536. The van der Waals surface area contributed by atoms with Gasteiger partial charge in [-0.25, -0.2) is 4.52 Å². The van der Waals surface area contributed by atoms with Gasteiger partial charge in [0.2, 0.25) is 0 Å². The highest BCUT2D eigenvalue weighted by atomic mass is 16.5. The zero-order chi connectivity index (χ0) is 23.9. The van der Waals surface area contributed by atoms with Gasteiger partial charge in [0, 0.05) is 12.3 Å². The largest absolute Gasteiger partial charge is 0.496 e. The standard InChI is InChI=1S/C28H38N3O3/c1-6-19-15-25(32-4)27(26(16-19)33-5)23-9-8-10-24-28(22(7-2)29-30(23)24)31(3,17-20-11-12-20)21-13-14-34-18-21/h8-10,15-16,20-21H,6-7,11-14,17-18H2,1-5H3/q+1. The molecule has 0 bridgehead atoms. The van der Waals surface area contributed by atoms with Crippen LogP contribution in [-0.2, 0) is 17.6 Å². The van der Waals surface area contributed by atoms with Crippen molar-refractivity contribution in [2.75, 3.05) is 41.0 Å². The lowest BCUT2D eigenvalue weighted by atomic mass is 10.0. The third kappa shape index (κ3) is 3.87. The van der Waals surface area contributed by atoms with Gasteiger partial charge >= 0.3 is 0 Å². The van der Waals surface area contributed by atoms with Crippen molar-refractivity contribution in [3.63, 3.8) is 0 Å². The Morgan fingerprint density at radius 3 is 2.35 bits per heavy atom. The Morgan fingerprint density at radius 2 is 1.79 bits per heavy atom. The molecule has 5 rings (SSSR count). The molecule has 2 fully saturated rings. The summed E-state index contributed by atoms with van der Waals surface area (Å²) in [5, 5.41) is 5.22. The van der Waals surface area contributed by atoms with Gasteiger partial charge < -0.3 is 14.2 Å². The maximum absolute atomic E-state index is 5.89. The first-order chi connectivity index (χ1) is 16.5. The summed E-state index contributed by atoms with van der Waals surface area (Å²) in [7, 11) is 5.87. The van der Waals surface area contributed by atoms with E-state index in [-0.39, 0.29) is 0 Å². The van der Waals surface area contributed by atoms with Crippen molar-refractivity contribution in [2.24, 2.45) is 5.92 Å². The van der Waals surface area contributed by atoms with Gasteiger partial charge in [0.15, 0.2) is 5.69 Å². The van der Waals surface area contributed by atoms with Crippen LogP contribution in [0.1, 0.15) is 44.4 Å². The van der Waals surface area contributed by atoms with Gasteiger partial charge in [-0.1, -0.05) is 19.9 Å². The lowest BCUT2D eigenvalue weighted by Crippen LogP contribution is -2.55. The molecular formula is C28H38N3O3+. The number of hydrogen-bond acceptors (Lipinski definition) is 4. The average molecular weight is 465 g/mol. The Kier molecular flexibility index (Phi) is 6.30. The van der Waals surface area contributed by atoms with Crippen molar-refractivity contribution in [1.29, 1.82) is 0 Å². The molecule has 1 aromatic carbocycles. The number of nitrogens with zero attached hydrogens (tertiary/aromatic N) is 3. The van der Waals surface area contributed by atoms with E-state index in [0.717, 1.165) is 72.2 Å². The summed E-state index contributed by atoms with van der Waals surface area (Å²) < 4.78 is 20.6. The Balaban J connectivity index is 1.74. The minimum atomic E-state index is 0.468. The summed E-state index contributed by atoms with van der Waals surface area (Å²) in [6.45, 7) is 7.20. The molecule has 2 unspecified atom stereocenters. The summed E-state index contributed by atoms with van der Waals surface area (Å²) >= 11 is 0. The lowest BCUT2D eigenvalue weighted by molar-refractivity contribution is 0.158. The molecule has 2 aromatic heterocycles. The number of benzene rings is 1. The number of fused-ring (bicyclic) bond motifs is 1. The number of rotatable bonds is 9. The second kappa shape index (κ2) is 9.23. The smallest absolute Gasteiger partial charge is 0.182 e. The van der Waals surface area contributed by atoms with Crippen LogP contribution < -0.4 is 14.0 Å². The molecule has 6 heteroatoms. The van der Waals surface area contributed by atoms with E-state index in [2.05, 4.69) is 55.7 Å². The predicted molar refractivity (Wildman–Crippen MR) is 137 cm³/mol. The highest BCUT2D eigenvalue weighted by Crippen LogP contribution is 2.44. The van der Waals surface area contributed by atoms with Crippen LogP contribution in [0, 0.1) is 5.92 Å². The van der Waals surface area contributed by atoms with Crippen molar-refractivity contribution in [3.05, 3.63) is 41.6 Å². The first-order valence-corrected chi connectivity index (χ1v) is 12.7. The van der Waals surface area contributed by atoms with E-state index in [0.29, 0.717) is 6.04 Å². The molecule has 1 aliphatic carbocycles. The average Bonchev–Trinajstić information content (AvgIpc) is 3.34. The molecule has 1 saturated heterocycles. The number of quaternary nitrogens is 1. The fourth-order valence-electron chi connectivity index (χ4n) is 5.74. The molecule has 0 N–H and O–H groups in total. The van der Waals surface area contributed by atoms with Crippen LogP contribution in [0.4, 0.5) is 5.69 Å². The fourth-order valence-corrected chi connectivity index (χ4v) is 5.74. The Morgan fingerprint density at radius 1 is 1.06 bits per heavy atom. The first kappa shape index (κ1) is 23.2. The lowest BCUT2D eigenvalue weighted by Gasteiger charge is -2.39. The molecule has 1 aliphatic heterocycles. The molecule has 2 aliphatic rings. The summed E-state index contributed by atoms with van der Waals surface area (Å²) in [6, 6.07) is 11.2. The highest BCUT2D eigenvalue weighted by Gasteiger charge is 2.45. The van der Waals surface area contributed by atoms with Crippen LogP contribution in [0.2, 0.25) is 0 Å². The number of methoxy groups -OCH3 is 2. The molecule has 0 spiro atoms. The summed E-state index contributed by atoms with van der Waals surface area (Å²) in [5.41, 5.74) is 6.84. The van der Waals surface area contributed by atoms with Crippen LogP contribution in [0.3, 0.4) is 0 Å². The van der Waals surface area contributed by atoms with Crippen LogP contribution in [0.15, 0.2) is 30.3 Å². The Hall–Kier alpha value is -2.57. The van der Waals surface area contributed by atoms with Crippen molar-refractivity contribution >= 4 is 11.2 Å². The second-order valence-corrected chi connectivity index (χ2v) is 10.00. The van der Waals surface area contributed by atoms with Crippen molar-refractivity contribution in [2.45, 2.75) is 52.0 Å². The van der Waals surface area contributed by atoms with Crippen molar-refractivity contribution in [3.8, 4) is 22.8 Å². The van der Waals surface area contributed by atoms with Crippen LogP contribution in [0.25, 0.3) is 16.8 Å². The van der Waals surface area contributed by atoms with E-state index in [9.17, 15) is 0 Å². The summed E-state index contributed by atoms with van der Waals surface area (Å²) in [5.74, 6) is 2.44. The van der Waals surface area contributed by atoms with Gasteiger partial charge in [-0.2, -0.15) is 5.10 Å². The van der Waals surface area contributed by atoms with E-state index in [1.165, 1.54) is 35.3 Å². The zero-order valence-electron chi connectivity index (χ0n) is 21.3. The van der Waals surface area contributed by atoms with Crippen molar-refractivity contribution < 1.29 is 14.2 Å². The van der Waals surface area contributed by atoms with Gasteiger partial charge in [0.1, 0.15) is 28.8 Å². The number of hydrogen-bond donors (Lipinski definition) is 0. The Labute approximate surface area is 203 Å². The maximum atomic E-state index is 5.89. The molecule has 182 valence electrons. The zero-order valence-corrected chi connectivity index (χ0v) is 21.3. The third-order valence-corrected chi connectivity index (χ3v) is 7.82. The Bertz CT molecular complexity index is 1150. The minimum absolute atomic E-state index is 0.468. The third-order valence-electron chi connectivity index (χ3n) is 7.82. The van der Waals surface area contributed by atoms with Gasteiger partial charge in [0.25, 0.3) is 0 Å². The van der Waals surface area contributed by atoms with Crippen LogP contribution in [0.5, 0.6) is 11.5 Å². The second-order valence-electron chi connectivity index (χ2n) is 10.00. The maximum Gasteiger partial charge on any atom is 0.182 e. The minimum Gasteiger partial charge on any atom is -0.496 e. The van der Waals surface area contributed by atoms with E-state index >= 15 is 0 Å². The molecule has 0 amide bonds. The van der Waals surface area contributed by atoms with E-state index in [1.54, 1.807) is 14.2 Å². The number of pyridine rings is 1. The van der Waals surface area contributed by atoms with Crippen LogP contribution >= 0.6 is 0 Å². The van der Waals surface area contributed by atoms with Gasteiger partial charge in [-0.05, 0) is 55.5 Å². The number of ether oxygens (including phenoxy) is 3. The van der Waals surface area contributed by atoms with E-state index < -0.39 is 0 Å². The predicted octanol–water partition coefficient (Wildman–Crippen LogP) is 5.28. The summed E-state index contributed by atoms with van der Waals surface area (Å²) in [4.78, 5) is 0. The molecule has 34 heavy (non-hydrogen) atoms. The van der Waals surface area contributed by atoms with Crippen molar-refractivity contribution in [1.82, 2.24) is 14.1 Å². The van der Waals surface area contributed by atoms with Crippen LogP contribution in [-0.4, -0.2) is 56.7 Å². The highest BCUT2D eigenvalue weighted by molar-refractivity contribution is 5.82. The summed E-state index contributed by atoms with van der Waals surface area (Å²) in [6.07, 6.45) is 5.59. The molecule has 3 heterocycles. The first-order valence-electron chi connectivity index (χ1n) is 12.7. The number of aromatic nitrogens is 2. The van der Waals surface area contributed by atoms with E-state index in [1.807, 2.05) is 0 Å². The topological polar surface area (TPSA) is 45.0 Å². The molecule has 1 saturated carbocycles. The molecule has 0 radical (unpaired) electrons. The van der Waals surface area contributed by atoms with Gasteiger partial charge in [0.05, 0.1) is 52.3 Å². The SMILES string of the molecule is CCc1cc(OC)c(-c2cccc3c([N+](C)(CC4CC4)C4CCOC4)c(CC)nn23)c(OC)c1. The number of likely N-dealkylation sites (N-methyl/N-ethyl adjacent to an activating group) is 1. The molecule has 6 nitrogen and oxygen atoms in total. The molecule has 3 aromatic rings. The van der Waals surface area contributed by atoms with Gasteiger partial charge in [-0.3, -0.25) is 4.48 Å². The number of aryl methyl sites for hydroxylation is 2. The normalized spacial score (nSPS) is 20.0. The monoisotopic (exact) mass is 464 g/mol.